The summed E-state index contributed by atoms with van der Waals surface area (Å²) in [5.74, 6) is -0.396. The van der Waals surface area contributed by atoms with Gasteiger partial charge < -0.3 is 9.72 Å². The van der Waals surface area contributed by atoms with Crippen LogP contribution in [0.4, 0.5) is 18.9 Å². The van der Waals surface area contributed by atoms with Crippen molar-refractivity contribution in [2.45, 2.75) is 26.4 Å². The number of carbonyl (C=O) groups is 1. The predicted octanol–water partition coefficient (Wildman–Crippen LogP) is 4.48. The minimum absolute atomic E-state index is 0.301. The van der Waals surface area contributed by atoms with E-state index in [2.05, 4.69) is 10.3 Å². The number of aryl methyl sites for hydroxylation is 2. The summed E-state index contributed by atoms with van der Waals surface area (Å²) in [6.07, 6.45) is -1.93. The average Bonchev–Trinajstić information content (AvgIpc) is 2.90. The monoisotopic (exact) mass is 347 g/mol. The predicted molar refractivity (Wildman–Crippen MR) is 88.7 cm³/mol. The van der Waals surface area contributed by atoms with Crippen molar-refractivity contribution in [2.24, 2.45) is 0 Å². The number of hydrogen-bond donors (Lipinski definition) is 1. The van der Waals surface area contributed by atoms with Crippen molar-refractivity contribution in [3.8, 4) is 0 Å². The molecule has 0 unspecified atom stereocenters. The van der Waals surface area contributed by atoms with E-state index in [0.717, 1.165) is 35.6 Å². The van der Waals surface area contributed by atoms with Crippen LogP contribution in [0, 0.1) is 6.92 Å². The van der Waals surface area contributed by atoms with Gasteiger partial charge in [-0.15, -0.1) is 0 Å². The summed E-state index contributed by atoms with van der Waals surface area (Å²) in [4.78, 5) is 16.8. The number of halogens is 3. The maximum Gasteiger partial charge on any atom is 0.416 e. The van der Waals surface area contributed by atoms with Crippen LogP contribution in [0.2, 0.25) is 0 Å². The number of nitrogens with one attached hydrogen (secondary N) is 1. The highest BCUT2D eigenvalue weighted by Gasteiger charge is 2.30. The van der Waals surface area contributed by atoms with Crippen molar-refractivity contribution in [1.29, 1.82) is 0 Å². The third-order valence-electron chi connectivity index (χ3n) is 4.02. The number of aromatic nitrogens is 2. The molecule has 4 nitrogen and oxygen atoms in total. The van der Waals surface area contributed by atoms with Crippen molar-refractivity contribution in [1.82, 2.24) is 9.38 Å². The number of carbonyl (C=O) groups excluding carboxylic acids is 1. The van der Waals surface area contributed by atoms with Crippen LogP contribution in [0.3, 0.4) is 0 Å². The molecule has 0 spiro atoms. The Morgan fingerprint density at radius 3 is 2.44 bits per heavy atom. The molecule has 0 fully saturated rings. The van der Waals surface area contributed by atoms with Crippen LogP contribution in [0.5, 0.6) is 0 Å². The lowest BCUT2D eigenvalue weighted by Crippen LogP contribution is -2.13. The van der Waals surface area contributed by atoms with E-state index in [1.807, 2.05) is 18.2 Å². The van der Waals surface area contributed by atoms with E-state index < -0.39 is 17.6 Å². The fourth-order valence-electron chi connectivity index (χ4n) is 2.63. The van der Waals surface area contributed by atoms with Gasteiger partial charge in [0.1, 0.15) is 5.65 Å². The molecule has 7 heteroatoms. The van der Waals surface area contributed by atoms with Gasteiger partial charge in [0.25, 0.3) is 5.91 Å². The Balaban J connectivity index is 1.83. The Labute approximate surface area is 142 Å². The number of amides is 1. The number of alkyl halides is 3. The van der Waals surface area contributed by atoms with Crippen LogP contribution < -0.4 is 5.32 Å². The smallest absolute Gasteiger partial charge is 0.322 e. The molecule has 1 aromatic carbocycles. The molecule has 3 rings (SSSR count). The van der Waals surface area contributed by atoms with Gasteiger partial charge >= 0.3 is 6.18 Å². The lowest BCUT2D eigenvalue weighted by Gasteiger charge is -2.09. The molecule has 2 aromatic heterocycles. The molecule has 0 aliphatic heterocycles. The summed E-state index contributed by atoms with van der Waals surface area (Å²) < 4.78 is 39.5. The number of imidazole rings is 1. The van der Waals surface area contributed by atoms with Gasteiger partial charge in [0.05, 0.1) is 16.8 Å². The van der Waals surface area contributed by atoms with E-state index in [9.17, 15) is 18.0 Å². The Morgan fingerprint density at radius 2 is 1.84 bits per heavy atom. The molecule has 25 heavy (non-hydrogen) atoms. The fraction of sp³-hybridized carbons (Fsp3) is 0.222. The third kappa shape index (κ3) is 3.35. The SMILES string of the molecule is CCc1nc2ccc(C(=O)Nc3ccc(C(F)(F)F)cc3)cn2c1C. The molecule has 0 radical (unpaired) electrons. The van der Waals surface area contributed by atoms with Crippen LogP contribution in [0.15, 0.2) is 42.6 Å². The first kappa shape index (κ1) is 17.0. The minimum Gasteiger partial charge on any atom is -0.322 e. The van der Waals surface area contributed by atoms with Crippen molar-refractivity contribution in [3.05, 3.63) is 65.1 Å². The summed E-state index contributed by atoms with van der Waals surface area (Å²) in [5, 5.41) is 2.60. The second kappa shape index (κ2) is 6.23. The maximum absolute atomic E-state index is 12.6. The molecule has 0 saturated heterocycles. The lowest BCUT2D eigenvalue weighted by molar-refractivity contribution is -0.137. The molecule has 0 aliphatic rings. The van der Waals surface area contributed by atoms with Gasteiger partial charge in [0.2, 0.25) is 0 Å². The van der Waals surface area contributed by atoms with Crippen molar-refractivity contribution < 1.29 is 18.0 Å². The standard InChI is InChI=1S/C18H16F3N3O/c1-3-15-11(2)24-10-12(4-9-16(24)23-15)17(25)22-14-7-5-13(6-8-14)18(19,20)21/h4-10H,3H2,1-2H3,(H,22,25). The quantitative estimate of drug-likeness (QED) is 0.759. The topological polar surface area (TPSA) is 46.4 Å². The van der Waals surface area contributed by atoms with Gasteiger partial charge in [-0.05, 0) is 49.7 Å². The average molecular weight is 347 g/mol. The first-order chi connectivity index (χ1) is 11.8. The van der Waals surface area contributed by atoms with E-state index in [4.69, 9.17) is 0 Å². The molecule has 0 bridgehead atoms. The number of anilines is 1. The van der Waals surface area contributed by atoms with Crippen LogP contribution in [-0.4, -0.2) is 15.3 Å². The van der Waals surface area contributed by atoms with Crippen molar-refractivity contribution in [2.75, 3.05) is 5.32 Å². The number of rotatable bonds is 3. The number of pyridine rings is 1. The normalized spacial score (nSPS) is 11.7. The Hall–Kier alpha value is -2.83. The fourth-order valence-corrected chi connectivity index (χ4v) is 2.63. The largest absolute Gasteiger partial charge is 0.416 e. The lowest BCUT2D eigenvalue weighted by atomic mass is 10.2. The second-order valence-electron chi connectivity index (χ2n) is 5.67. The molecule has 1 amide bonds. The molecule has 1 N–H and O–H groups in total. The van der Waals surface area contributed by atoms with E-state index >= 15 is 0 Å². The van der Waals surface area contributed by atoms with Crippen LogP contribution in [0.25, 0.3) is 5.65 Å². The maximum atomic E-state index is 12.6. The molecule has 0 atom stereocenters. The van der Waals surface area contributed by atoms with E-state index in [-0.39, 0.29) is 0 Å². The number of fused-ring (bicyclic) bond motifs is 1. The van der Waals surface area contributed by atoms with Gasteiger partial charge in [-0.25, -0.2) is 4.98 Å². The minimum atomic E-state index is -4.40. The summed E-state index contributed by atoms with van der Waals surface area (Å²) in [6, 6.07) is 7.72. The van der Waals surface area contributed by atoms with E-state index in [1.165, 1.54) is 12.1 Å². The van der Waals surface area contributed by atoms with Gasteiger partial charge in [-0.3, -0.25) is 4.79 Å². The van der Waals surface area contributed by atoms with Crippen molar-refractivity contribution in [3.63, 3.8) is 0 Å². The molecule has 2 heterocycles. The van der Waals surface area contributed by atoms with Crippen LogP contribution in [0.1, 0.15) is 34.2 Å². The summed E-state index contributed by atoms with van der Waals surface area (Å²) in [7, 11) is 0. The highest BCUT2D eigenvalue weighted by Crippen LogP contribution is 2.29. The van der Waals surface area contributed by atoms with Gasteiger partial charge in [-0.2, -0.15) is 13.2 Å². The second-order valence-corrected chi connectivity index (χ2v) is 5.67. The molecule has 130 valence electrons. The first-order valence-electron chi connectivity index (χ1n) is 7.76. The van der Waals surface area contributed by atoms with Crippen LogP contribution >= 0.6 is 0 Å². The Morgan fingerprint density at radius 1 is 1.16 bits per heavy atom. The zero-order chi connectivity index (χ0) is 18.2. The highest BCUT2D eigenvalue weighted by molar-refractivity contribution is 6.04. The van der Waals surface area contributed by atoms with Gasteiger partial charge in [0, 0.05) is 17.6 Å². The molecule has 0 aliphatic carbocycles. The molecular weight excluding hydrogens is 331 g/mol. The van der Waals surface area contributed by atoms with E-state index in [1.54, 1.807) is 18.3 Å². The van der Waals surface area contributed by atoms with Gasteiger partial charge in [0.15, 0.2) is 0 Å². The number of hydrogen-bond acceptors (Lipinski definition) is 2. The number of benzene rings is 1. The Bertz CT molecular complexity index is 927. The summed E-state index contributed by atoms with van der Waals surface area (Å²) in [5.41, 5.74) is 2.61. The first-order valence-corrected chi connectivity index (χ1v) is 7.76. The molecule has 0 saturated carbocycles. The van der Waals surface area contributed by atoms with Crippen molar-refractivity contribution >= 4 is 17.2 Å². The van der Waals surface area contributed by atoms with Crippen LogP contribution in [-0.2, 0) is 12.6 Å². The van der Waals surface area contributed by atoms with E-state index in [0.29, 0.717) is 11.3 Å². The van der Waals surface area contributed by atoms with Gasteiger partial charge in [-0.1, -0.05) is 6.92 Å². The molecular formula is C18H16F3N3O. The summed E-state index contributed by atoms with van der Waals surface area (Å²) in [6.45, 7) is 3.93. The zero-order valence-corrected chi connectivity index (χ0v) is 13.7. The zero-order valence-electron chi connectivity index (χ0n) is 13.7. The number of nitrogens with zero attached hydrogens (tertiary/aromatic N) is 2. The third-order valence-corrected chi connectivity index (χ3v) is 4.02. The summed E-state index contributed by atoms with van der Waals surface area (Å²) >= 11 is 0. The Kier molecular flexibility index (Phi) is 4.24. The highest BCUT2D eigenvalue weighted by atomic mass is 19.4. The molecule has 3 aromatic rings.